The number of carbonyl (C=O) groups is 2. The molecule has 1 aromatic rings. The van der Waals surface area contributed by atoms with Crippen molar-refractivity contribution in [2.45, 2.75) is 0 Å². The molecule has 0 saturated heterocycles. The zero-order valence-electron chi connectivity index (χ0n) is 9.93. The van der Waals surface area contributed by atoms with Crippen LogP contribution < -0.4 is 10.2 Å². The van der Waals surface area contributed by atoms with Crippen molar-refractivity contribution >= 4 is 17.5 Å². The molecular formula is C14H12N2O2. The van der Waals surface area contributed by atoms with Crippen molar-refractivity contribution in [3.63, 3.8) is 0 Å². The van der Waals surface area contributed by atoms with E-state index in [1.165, 1.54) is 12.2 Å². The molecule has 1 N–H and O–H groups in total. The Kier molecular flexibility index (Phi) is 3.56. The van der Waals surface area contributed by atoms with E-state index < -0.39 is 0 Å². The highest BCUT2D eigenvalue weighted by molar-refractivity contribution is 6.28. The van der Waals surface area contributed by atoms with E-state index in [0.29, 0.717) is 12.2 Å². The Morgan fingerprint density at radius 1 is 1.11 bits per heavy atom. The summed E-state index contributed by atoms with van der Waals surface area (Å²) in [4.78, 5) is 24.1. The lowest BCUT2D eigenvalue weighted by Crippen LogP contribution is -2.29. The molecule has 0 fully saturated rings. The van der Waals surface area contributed by atoms with Gasteiger partial charge in [0.25, 0.3) is 11.8 Å². The predicted octanol–water partition coefficient (Wildman–Crippen LogP) is 0.687. The van der Waals surface area contributed by atoms with Gasteiger partial charge in [0, 0.05) is 17.7 Å². The molecule has 0 aliphatic carbocycles. The van der Waals surface area contributed by atoms with Crippen molar-refractivity contribution < 1.29 is 9.59 Å². The van der Waals surface area contributed by atoms with E-state index in [0.717, 1.165) is 10.5 Å². The Hall–Kier alpha value is -2.38. The van der Waals surface area contributed by atoms with Crippen LogP contribution in [-0.4, -0.2) is 25.4 Å². The van der Waals surface area contributed by atoms with Gasteiger partial charge in [0.2, 0.25) is 0 Å². The van der Waals surface area contributed by atoms with E-state index in [1.54, 1.807) is 24.3 Å². The lowest BCUT2D eigenvalue weighted by molar-refractivity contribution is -0.119. The second kappa shape index (κ2) is 5.30. The number of hydrogen-bond acceptors (Lipinski definition) is 3. The average molecular weight is 240 g/mol. The van der Waals surface area contributed by atoms with Crippen molar-refractivity contribution in [2.75, 3.05) is 18.5 Å². The molecule has 2 rings (SSSR count). The van der Waals surface area contributed by atoms with E-state index in [1.807, 2.05) is 7.05 Å². The summed E-state index contributed by atoms with van der Waals surface area (Å²) in [5.74, 6) is 5.28. The van der Waals surface area contributed by atoms with Crippen molar-refractivity contribution in [1.82, 2.24) is 5.32 Å². The molecule has 0 unspecified atom stereocenters. The third-order valence-corrected chi connectivity index (χ3v) is 2.43. The van der Waals surface area contributed by atoms with Crippen LogP contribution in [0.3, 0.4) is 0 Å². The molecule has 2 amide bonds. The Morgan fingerprint density at radius 2 is 1.72 bits per heavy atom. The van der Waals surface area contributed by atoms with Crippen LogP contribution in [0.15, 0.2) is 36.4 Å². The van der Waals surface area contributed by atoms with Gasteiger partial charge in [-0.15, -0.1) is 0 Å². The summed E-state index contributed by atoms with van der Waals surface area (Å²) in [6, 6.07) is 7.01. The smallest absolute Gasteiger partial charge is 0.258 e. The summed E-state index contributed by atoms with van der Waals surface area (Å²) in [5.41, 5.74) is 1.41. The minimum atomic E-state index is -0.311. The Balaban J connectivity index is 2.16. The first-order chi connectivity index (χ1) is 8.72. The largest absolute Gasteiger partial charge is 0.309 e. The normalized spacial score (nSPS) is 13.7. The summed E-state index contributed by atoms with van der Waals surface area (Å²) in [7, 11) is 1.83. The fraction of sp³-hybridized carbons (Fsp3) is 0.143. The van der Waals surface area contributed by atoms with E-state index in [2.05, 4.69) is 17.2 Å². The summed E-state index contributed by atoms with van der Waals surface area (Å²) in [6.45, 7) is 0.620. The minimum absolute atomic E-state index is 0.311. The Bertz CT molecular complexity index is 544. The van der Waals surface area contributed by atoms with E-state index >= 15 is 0 Å². The Labute approximate surface area is 105 Å². The molecule has 0 aromatic heterocycles. The van der Waals surface area contributed by atoms with Gasteiger partial charge in [0.05, 0.1) is 12.2 Å². The number of carbonyl (C=O) groups excluding carboxylic acids is 2. The van der Waals surface area contributed by atoms with Gasteiger partial charge in [-0.2, -0.15) is 0 Å². The van der Waals surface area contributed by atoms with Crippen LogP contribution in [0, 0.1) is 11.8 Å². The lowest BCUT2D eigenvalue weighted by atomic mass is 10.2. The van der Waals surface area contributed by atoms with Crippen LogP contribution >= 0.6 is 0 Å². The first-order valence-corrected chi connectivity index (χ1v) is 5.52. The van der Waals surface area contributed by atoms with Gasteiger partial charge in [-0.3, -0.25) is 9.59 Å². The van der Waals surface area contributed by atoms with Crippen molar-refractivity contribution in [2.24, 2.45) is 0 Å². The molecule has 1 aliphatic rings. The molecule has 1 aromatic carbocycles. The topological polar surface area (TPSA) is 49.4 Å². The molecule has 0 atom stereocenters. The fourth-order valence-corrected chi connectivity index (χ4v) is 1.58. The van der Waals surface area contributed by atoms with Gasteiger partial charge in [-0.1, -0.05) is 11.8 Å². The average Bonchev–Trinajstić information content (AvgIpc) is 2.71. The highest BCUT2D eigenvalue weighted by Gasteiger charge is 2.24. The summed E-state index contributed by atoms with van der Waals surface area (Å²) in [5, 5.41) is 2.93. The maximum atomic E-state index is 11.5. The summed E-state index contributed by atoms with van der Waals surface area (Å²) < 4.78 is 0. The molecule has 0 spiro atoms. The molecular weight excluding hydrogens is 228 g/mol. The minimum Gasteiger partial charge on any atom is -0.309 e. The molecule has 1 heterocycles. The second-order valence-electron chi connectivity index (χ2n) is 3.72. The third-order valence-electron chi connectivity index (χ3n) is 2.43. The zero-order chi connectivity index (χ0) is 13.0. The summed E-state index contributed by atoms with van der Waals surface area (Å²) >= 11 is 0. The van der Waals surface area contributed by atoms with Crippen molar-refractivity contribution in [3.8, 4) is 11.8 Å². The standard InChI is InChI=1S/C14H12N2O2/c1-15-10-2-3-11-4-6-12(7-5-11)16-13(17)8-9-14(16)18/h4-9,15H,10H2,1H3. The van der Waals surface area contributed by atoms with Gasteiger partial charge >= 0.3 is 0 Å². The van der Waals surface area contributed by atoms with Crippen LogP contribution in [-0.2, 0) is 9.59 Å². The number of imide groups is 1. The quantitative estimate of drug-likeness (QED) is 0.611. The van der Waals surface area contributed by atoms with Crippen LogP contribution in [0.4, 0.5) is 5.69 Å². The first-order valence-electron chi connectivity index (χ1n) is 5.52. The second-order valence-corrected chi connectivity index (χ2v) is 3.72. The summed E-state index contributed by atoms with van der Waals surface area (Å²) in [6.07, 6.45) is 2.53. The predicted molar refractivity (Wildman–Crippen MR) is 68.9 cm³/mol. The first kappa shape index (κ1) is 12.1. The zero-order valence-corrected chi connectivity index (χ0v) is 9.93. The lowest BCUT2D eigenvalue weighted by Gasteiger charge is -2.13. The van der Waals surface area contributed by atoms with Gasteiger partial charge in [-0.05, 0) is 31.3 Å². The van der Waals surface area contributed by atoms with Gasteiger partial charge in [-0.25, -0.2) is 4.90 Å². The van der Waals surface area contributed by atoms with Crippen LogP contribution in [0.2, 0.25) is 0 Å². The molecule has 0 saturated carbocycles. The van der Waals surface area contributed by atoms with Crippen molar-refractivity contribution in [1.29, 1.82) is 0 Å². The number of amides is 2. The van der Waals surface area contributed by atoms with Crippen LogP contribution in [0.25, 0.3) is 0 Å². The number of hydrogen-bond donors (Lipinski definition) is 1. The molecule has 0 bridgehead atoms. The molecule has 18 heavy (non-hydrogen) atoms. The number of rotatable bonds is 2. The van der Waals surface area contributed by atoms with Crippen LogP contribution in [0.5, 0.6) is 0 Å². The van der Waals surface area contributed by atoms with Gasteiger partial charge in [0.15, 0.2) is 0 Å². The number of benzene rings is 1. The van der Waals surface area contributed by atoms with Gasteiger partial charge < -0.3 is 5.32 Å². The molecule has 4 nitrogen and oxygen atoms in total. The Morgan fingerprint density at radius 3 is 2.28 bits per heavy atom. The third kappa shape index (κ3) is 2.47. The van der Waals surface area contributed by atoms with Gasteiger partial charge in [0.1, 0.15) is 0 Å². The number of anilines is 1. The van der Waals surface area contributed by atoms with Crippen LogP contribution in [0.1, 0.15) is 5.56 Å². The molecule has 0 radical (unpaired) electrons. The molecule has 90 valence electrons. The number of nitrogens with one attached hydrogen (secondary N) is 1. The van der Waals surface area contributed by atoms with E-state index in [4.69, 9.17) is 0 Å². The maximum absolute atomic E-state index is 11.5. The highest BCUT2D eigenvalue weighted by atomic mass is 16.2. The maximum Gasteiger partial charge on any atom is 0.258 e. The van der Waals surface area contributed by atoms with Crippen molar-refractivity contribution in [3.05, 3.63) is 42.0 Å². The highest BCUT2D eigenvalue weighted by Crippen LogP contribution is 2.19. The molecule has 1 aliphatic heterocycles. The van der Waals surface area contributed by atoms with E-state index in [9.17, 15) is 9.59 Å². The number of nitrogens with zero attached hydrogens (tertiary/aromatic N) is 1. The monoisotopic (exact) mass is 240 g/mol. The SMILES string of the molecule is CNCC#Cc1ccc(N2C(=O)C=CC2=O)cc1. The van der Waals surface area contributed by atoms with E-state index in [-0.39, 0.29) is 11.8 Å². The fourth-order valence-electron chi connectivity index (χ4n) is 1.58. The molecule has 4 heteroatoms.